The maximum Gasteiger partial charge on any atom is 0.308 e. The van der Waals surface area contributed by atoms with Gasteiger partial charge in [0.2, 0.25) is 5.88 Å². The maximum absolute atomic E-state index is 14.1. The molecule has 1 saturated heterocycles. The summed E-state index contributed by atoms with van der Waals surface area (Å²) in [5.41, 5.74) is 1.72. The van der Waals surface area contributed by atoms with Crippen molar-refractivity contribution in [2.45, 2.75) is 13.3 Å². The van der Waals surface area contributed by atoms with Gasteiger partial charge in [-0.2, -0.15) is 4.98 Å². The second-order valence-electron chi connectivity index (χ2n) is 8.96. The molecule has 2 aromatic heterocycles. The van der Waals surface area contributed by atoms with E-state index in [1.165, 1.54) is 13.0 Å². The fourth-order valence-corrected chi connectivity index (χ4v) is 4.82. The number of para-hydroxylation sites is 1. The summed E-state index contributed by atoms with van der Waals surface area (Å²) >= 11 is 0. The fourth-order valence-electron chi connectivity index (χ4n) is 4.82. The molecule has 10 nitrogen and oxygen atoms in total. The van der Waals surface area contributed by atoms with Crippen molar-refractivity contribution in [3.8, 4) is 11.6 Å². The molecule has 1 N–H and O–H groups in total. The fraction of sp³-hybridized carbons (Fsp3) is 0.250. The van der Waals surface area contributed by atoms with Crippen molar-refractivity contribution in [3.05, 3.63) is 65.7 Å². The van der Waals surface area contributed by atoms with E-state index in [4.69, 9.17) is 9.47 Å². The maximum atomic E-state index is 14.1. The molecule has 4 aromatic rings. The number of carboxylic acid groups (broad SMARTS) is 1. The zero-order chi connectivity index (χ0) is 26.8. The zero-order valence-electron chi connectivity index (χ0n) is 21.0. The molecule has 5 rings (SSSR count). The summed E-state index contributed by atoms with van der Waals surface area (Å²) in [7, 11) is 1.57. The largest absolute Gasteiger partial charge is 0.481 e. The van der Waals surface area contributed by atoms with Gasteiger partial charge in [0.15, 0.2) is 0 Å². The number of pyridine rings is 2. The number of nitrogens with zero attached hydrogens (tertiary/aromatic N) is 4. The predicted molar refractivity (Wildman–Crippen MR) is 141 cm³/mol. The lowest BCUT2D eigenvalue weighted by Crippen LogP contribution is -2.49. The van der Waals surface area contributed by atoms with E-state index in [1.807, 2.05) is 30.3 Å². The lowest BCUT2D eigenvalue weighted by molar-refractivity contribution is -0.136. The summed E-state index contributed by atoms with van der Waals surface area (Å²) in [6.45, 7) is 3.33. The molecule has 0 aliphatic carbocycles. The van der Waals surface area contributed by atoms with Crippen LogP contribution in [0.15, 0.2) is 54.6 Å². The monoisotopic (exact) mass is 514 g/mol. The van der Waals surface area contributed by atoms with Crippen molar-refractivity contribution in [1.29, 1.82) is 0 Å². The Kier molecular flexibility index (Phi) is 6.78. The Balaban J connectivity index is 1.56. The zero-order valence-corrected chi connectivity index (χ0v) is 21.0. The Labute approximate surface area is 218 Å². The van der Waals surface area contributed by atoms with Gasteiger partial charge in [-0.15, -0.1) is 0 Å². The number of hydrogen-bond acceptors (Lipinski definition) is 8. The van der Waals surface area contributed by atoms with Gasteiger partial charge in [0.05, 0.1) is 30.1 Å². The van der Waals surface area contributed by atoms with Gasteiger partial charge in [0.25, 0.3) is 5.91 Å². The number of piperazine rings is 1. The molecule has 0 atom stereocenters. The molecule has 1 amide bonds. The van der Waals surface area contributed by atoms with Crippen molar-refractivity contribution in [1.82, 2.24) is 14.9 Å². The van der Waals surface area contributed by atoms with E-state index in [0.717, 1.165) is 5.82 Å². The molecule has 0 saturated carbocycles. The van der Waals surface area contributed by atoms with Crippen LogP contribution >= 0.6 is 0 Å². The van der Waals surface area contributed by atoms with E-state index in [0.29, 0.717) is 65.0 Å². The van der Waals surface area contributed by atoms with Crippen LogP contribution in [0.25, 0.3) is 21.8 Å². The van der Waals surface area contributed by atoms with Gasteiger partial charge >= 0.3 is 11.9 Å². The van der Waals surface area contributed by atoms with Crippen LogP contribution in [0, 0.1) is 0 Å². The molecule has 194 valence electrons. The molecule has 0 spiro atoms. The van der Waals surface area contributed by atoms with E-state index in [-0.39, 0.29) is 18.1 Å². The molecule has 3 heterocycles. The minimum atomic E-state index is -1.07. The normalized spacial score (nSPS) is 13.5. The van der Waals surface area contributed by atoms with Crippen LogP contribution in [0.3, 0.4) is 0 Å². The standard InChI is InChI=1S/C28H26N4O6/c1-17(33)38-19-14-18(15-25(34)35)26-22(16-19)29-21-7-4-3-6-20(21)27(26)28(36)32-12-10-31(11-13-32)23-8-5-9-24(30-23)37-2/h3-9,14,16H,10-13,15H2,1-2H3,(H,34,35). The summed E-state index contributed by atoms with van der Waals surface area (Å²) in [6.07, 6.45) is -0.360. The molecule has 1 aliphatic heterocycles. The average Bonchev–Trinajstić information content (AvgIpc) is 2.91. The number of ether oxygens (including phenoxy) is 2. The van der Waals surface area contributed by atoms with E-state index in [2.05, 4.69) is 14.9 Å². The number of aromatic nitrogens is 2. The topological polar surface area (TPSA) is 122 Å². The summed E-state index contributed by atoms with van der Waals surface area (Å²) < 4.78 is 10.5. The first-order valence-corrected chi connectivity index (χ1v) is 12.1. The highest BCUT2D eigenvalue weighted by Gasteiger charge is 2.28. The molecule has 10 heteroatoms. The average molecular weight is 515 g/mol. The third-order valence-corrected chi connectivity index (χ3v) is 6.46. The number of fused-ring (bicyclic) bond motifs is 2. The third-order valence-electron chi connectivity index (χ3n) is 6.46. The summed E-state index contributed by atoms with van der Waals surface area (Å²) in [4.78, 5) is 50.5. The molecule has 0 bridgehead atoms. The molecule has 1 aliphatic rings. The number of benzene rings is 2. The summed E-state index contributed by atoms with van der Waals surface area (Å²) in [5, 5.41) is 10.7. The first-order valence-electron chi connectivity index (χ1n) is 12.1. The summed E-state index contributed by atoms with van der Waals surface area (Å²) in [5.74, 6) is -0.336. The highest BCUT2D eigenvalue weighted by molar-refractivity contribution is 6.17. The van der Waals surface area contributed by atoms with Gasteiger partial charge in [-0.1, -0.05) is 24.3 Å². The van der Waals surface area contributed by atoms with Crippen LogP contribution in [0.1, 0.15) is 22.8 Å². The van der Waals surface area contributed by atoms with Crippen molar-refractivity contribution >= 4 is 45.5 Å². The second kappa shape index (κ2) is 10.3. The highest BCUT2D eigenvalue weighted by atomic mass is 16.5. The minimum Gasteiger partial charge on any atom is -0.481 e. The first kappa shape index (κ1) is 24.9. The molecular formula is C28H26N4O6. The number of hydrogen-bond donors (Lipinski definition) is 1. The smallest absolute Gasteiger partial charge is 0.308 e. The Morgan fingerprint density at radius 3 is 2.42 bits per heavy atom. The second-order valence-corrected chi connectivity index (χ2v) is 8.96. The van der Waals surface area contributed by atoms with Crippen LogP contribution < -0.4 is 14.4 Å². The van der Waals surface area contributed by atoms with Gasteiger partial charge in [0.1, 0.15) is 11.6 Å². The van der Waals surface area contributed by atoms with Crippen LogP contribution in [0.4, 0.5) is 5.82 Å². The summed E-state index contributed by atoms with van der Waals surface area (Å²) in [6, 6.07) is 15.9. The van der Waals surface area contributed by atoms with Crippen LogP contribution in [0.5, 0.6) is 11.6 Å². The number of anilines is 1. The van der Waals surface area contributed by atoms with Crippen LogP contribution in [-0.4, -0.2) is 71.1 Å². The minimum absolute atomic E-state index is 0.182. The first-order chi connectivity index (χ1) is 18.3. The van der Waals surface area contributed by atoms with E-state index < -0.39 is 11.9 Å². The quantitative estimate of drug-likeness (QED) is 0.235. The van der Waals surface area contributed by atoms with Crippen molar-refractivity contribution < 1.29 is 29.0 Å². The predicted octanol–water partition coefficient (Wildman–Crippen LogP) is 3.31. The van der Waals surface area contributed by atoms with Gasteiger partial charge in [-0.3, -0.25) is 14.4 Å². The number of carbonyl (C=O) groups is 3. The lowest BCUT2D eigenvalue weighted by Gasteiger charge is -2.36. The van der Waals surface area contributed by atoms with Gasteiger partial charge < -0.3 is 24.4 Å². The van der Waals surface area contributed by atoms with E-state index in [9.17, 15) is 19.5 Å². The van der Waals surface area contributed by atoms with E-state index >= 15 is 0 Å². The van der Waals surface area contributed by atoms with Gasteiger partial charge in [-0.05, 0) is 23.8 Å². The number of amides is 1. The third kappa shape index (κ3) is 4.93. The van der Waals surface area contributed by atoms with Gasteiger partial charge in [-0.25, -0.2) is 4.98 Å². The number of rotatable bonds is 6. The lowest BCUT2D eigenvalue weighted by atomic mass is 9.95. The van der Waals surface area contributed by atoms with Crippen LogP contribution in [0.2, 0.25) is 0 Å². The number of aliphatic carboxylic acids is 1. The van der Waals surface area contributed by atoms with Crippen molar-refractivity contribution in [3.63, 3.8) is 0 Å². The molecular weight excluding hydrogens is 488 g/mol. The van der Waals surface area contributed by atoms with E-state index in [1.54, 1.807) is 30.2 Å². The molecule has 38 heavy (non-hydrogen) atoms. The van der Waals surface area contributed by atoms with Crippen LogP contribution in [-0.2, 0) is 16.0 Å². The Bertz CT molecular complexity index is 1560. The van der Waals surface area contributed by atoms with Gasteiger partial charge in [0, 0.05) is 56.0 Å². The number of esters is 1. The number of methoxy groups -OCH3 is 1. The number of carboxylic acids is 1. The number of carbonyl (C=O) groups excluding carboxylic acids is 2. The van der Waals surface area contributed by atoms with Crippen molar-refractivity contribution in [2.24, 2.45) is 0 Å². The Hall–Kier alpha value is -4.73. The SMILES string of the molecule is COc1cccc(N2CCN(C(=O)c3c4ccccc4nc4cc(OC(C)=O)cc(CC(=O)O)c34)CC2)n1. The molecule has 1 fully saturated rings. The Morgan fingerprint density at radius 1 is 0.947 bits per heavy atom. The molecule has 0 radical (unpaired) electrons. The van der Waals surface area contributed by atoms with Crippen molar-refractivity contribution in [2.75, 3.05) is 38.2 Å². The Morgan fingerprint density at radius 2 is 1.71 bits per heavy atom. The molecule has 2 aromatic carbocycles. The molecule has 0 unspecified atom stereocenters. The highest BCUT2D eigenvalue weighted by Crippen LogP contribution is 2.34.